The van der Waals surface area contributed by atoms with Gasteiger partial charge in [0, 0.05) is 12.1 Å². The number of esters is 1. The molecule has 0 bridgehead atoms. The number of aryl methyl sites for hydroxylation is 2. The summed E-state index contributed by atoms with van der Waals surface area (Å²) in [6.07, 6.45) is 2.20. The van der Waals surface area contributed by atoms with E-state index in [2.05, 4.69) is 0 Å². The van der Waals surface area contributed by atoms with Crippen molar-refractivity contribution in [3.05, 3.63) is 23.2 Å². The van der Waals surface area contributed by atoms with Gasteiger partial charge in [0.25, 0.3) is 5.91 Å². The van der Waals surface area contributed by atoms with Crippen LogP contribution in [0, 0.1) is 13.8 Å². The lowest BCUT2D eigenvalue weighted by Crippen LogP contribution is -2.44. The Morgan fingerprint density at radius 2 is 1.96 bits per heavy atom. The molecule has 7 nitrogen and oxygen atoms in total. The number of furan rings is 1. The first kappa shape index (κ1) is 17.0. The van der Waals surface area contributed by atoms with Crippen molar-refractivity contribution in [3.8, 4) is 0 Å². The van der Waals surface area contributed by atoms with Crippen LogP contribution in [0.15, 0.2) is 10.5 Å². The molecule has 1 aromatic rings. The van der Waals surface area contributed by atoms with Gasteiger partial charge < -0.3 is 14.1 Å². The smallest absolute Gasteiger partial charge is 0.342 e. The zero-order valence-electron chi connectivity index (χ0n) is 13.8. The molecule has 1 aromatic heterocycles. The molecule has 3 rings (SSSR count). The molecule has 2 fully saturated rings. The fourth-order valence-electron chi connectivity index (χ4n) is 3.17. The first-order valence-corrected chi connectivity index (χ1v) is 9.85. The van der Waals surface area contributed by atoms with Gasteiger partial charge in [-0.2, -0.15) is 0 Å². The van der Waals surface area contributed by atoms with Crippen LogP contribution < -0.4 is 0 Å². The Morgan fingerprint density at radius 3 is 2.46 bits per heavy atom. The van der Waals surface area contributed by atoms with E-state index in [1.165, 1.54) is 0 Å². The minimum absolute atomic E-state index is 0.00319. The van der Waals surface area contributed by atoms with Crippen molar-refractivity contribution in [2.24, 2.45) is 0 Å². The van der Waals surface area contributed by atoms with Crippen LogP contribution >= 0.6 is 0 Å². The maximum atomic E-state index is 12.5. The highest BCUT2D eigenvalue weighted by atomic mass is 32.2. The van der Waals surface area contributed by atoms with E-state index >= 15 is 0 Å². The van der Waals surface area contributed by atoms with E-state index in [1.54, 1.807) is 24.8 Å². The molecular weight excluding hydrogens is 334 g/mol. The molecule has 2 heterocycles. The SMILES string of the molecule is Cc1cc(C(=O)OCC(=O)N(C2CC2)[C@H]2CCS(=O)(=O)C2)c(C)o1. The van der Waals surface area contributed by atoms with Gasteiger partial charge in [-0.25, -0.2) is 13.2 Å². The Kier molecular flexibility index (Phi) is 4.42. The monoisotopic (exact) mass is 355 g/mol. The normalized spacial score (nSPS) is 22.3. The summed E-state index contributed by atoms with van der Waals surface area (Å²) in [4.78, 5) is 26.2. The van der Waals surface area contributed by atoms with Crippen LogP contribution in [0.3, 0.4) is 0 Å². The molecule has 0 N–H and O–H groups in total. The van der Waals surface area contributed by atoms with Crippen LogP contribution in [0.1, 0.15) is 41.1 Å². The highest BCUT2D eigenvalue weighted by Crippen LogP contribution is 2.32. The number of ether oxygens (including phenoxy) is 1. The number of nitrogens with zero attached hydrogens (tertiary/aromatic N) is 1. The molecule has 132 valence electrons. The molecule has 0 aromatic carbocycles. The maximum absolute atomic E-state index is 12.5. The van der Waals surface area contributed by atoms with Crippen molar-refractivity contribution in [2.45, 2.75) is 45.2 Å². The molecule has 1 saturated carbocycles. The molecule has 1 amide bonds. The molecule has 1 saturated heterocycles. The molecule has 1 atom stereocenters. The number of hydrogen-bond donors (Lipinski definition) is 0. The van der Waals surface area contributed by atoms with Crippen LogP contribution in [-0.2, 0) is 19.4 Å². The van der Waals surface area contributed by atoms with E-state index in [0.717, 1.165) is 12.8 Å². The molecule has 8 heteroatoms. The fourth-order valence-corrected chi connectivity index (χ4v) is 4.88. The van der Waals surface area contributed by atoms with Crippen molar-refractivity contribution in [2.75, 3.05) is 18.1 Å². The van der Waals surface area contributed by atoms with E-state index in [1.807, 2.05) is 0 Å². The standard InChI is InChI=1S/C16H21NO6S/c1-10-7-14(11(2)23-10)16(19)22-8-15(18)17(12-3-4-12)13-5-6-24(20,21)9-13/h7,12-13H,3-6,8-9H2,1-2H3/t13-/m0/s1. The second-order valence-corrected chi connectivity index (χ2v) is 8.72. The number of hydrogen-bond acceptors (Lipinski definition) is 6. The van der Waals surface area contributed by atoms with Gasteiger partial charge in [-0.3, -0.25) is 4.79 Å². The second kappa shape index (κ2) is 6.23. The number of carbonyl (C=O) groups is 2. The quantitative estimate of drug-likeness (QED) is 0.738. The van der Waals surface area contributed by atoms with Gasteiger partial charge in [-0.15, -0.1) is 0 Å². The number of sulfone groups is 1. The maximum Gasteiger partial charge on any atom is 0.342 e. The van der Waals surface area contributed by atoms with Gasteiger partial charge in [-0.05, 0) is 39.2 Å². The number of amides is 1. The summed E-state index contributed by atoms with van der Waals surface area (Å²) in [5, 5.41) is 0. The second-order valence-electron chi connectivity index (χ2n) is 6.49. The molecular formula is C16H21NO6S. The zero-order chi connectivity index (χ0) is 17.5. The van der Waals surface area contributed by atoms with Crippen molar-refractivity contribution in [1.82, 2.24) is 4.90 Å². The Labute approximate surface area is 140 Å². The van der Waals surface area contributed by atoms with Crippen LogP contribution in [-0.4, -0.2) is 55.4 Å². The Hall–Kier alpha value is -1.83. The van der Waals surface area contributed by atoms with Gasteiger partial charge in [0.2, 0.25) is 0 Å². The lowest BCUT2D eigenvalue weighted by atomic mass is 10.2. The molecule has 1 aliphatic carbocycles. The van der Waals surface area contributed by atoms with Crippen molar-refractivity contribution < 1.29 is 27.2 Å². The lowest BCUT2D eigenvalue weighted by Gasteiger charge is -2.28. The van der Waals surface area contributed by atoms with E-state index in [9.17, 15) is 18.0 Å². The average molecular weight is 355 g/mol. The summed E-state index contributed by atoms with van der Waals surface area (Å²) >= 11 is 0. The summed E-state index contributed by atoms with van der Waals surface area (Å²) < 4.78 is 33.7. The first-order valence-electron chi connectivity index (χ1n) is 8.02. The average Bonchev–Trinajstić information content (AvgIpc) is 3.17. The van der Waals surface area contributed by atoms with E-state index in [0.29, 0.717) is 23.5 Å². The van der Waals surface area contributed by atoms with Crippen LogP contribution in [0.25, 0.3) is 0 Å². The van der Waals surface area contributed by atoms with Gasteiger partial charge >= 0.3 is 5.97 Å². The fraction of sp³-hybridized carbons (Fsp3) is 0.625. The Morgan fingerprint density at radius 1 is 1.25 bits per heavy atom. The third-order valence-electron chi connectivity index (χ3n) is 4.42. The topological polar surface area (TPSA) is 93.9 Å². The lowest BCUT2D eigenvalue weighted by molar-refractivity contribution is -0.137. The molecule has 0 unspecified atom stereocenters. The predicted molar refractivity (Wildman–Crippen MR) is 85.4 cm³/mol. The third kappa shape index (κ3) is 3.63. The Balaban J connectivity index is 1.62. The van der Waals surface area contributed by atoms with Crippen molar-refractivity contribution in [3.63, 3.8) is 0 Å². The minimum atomic E-state index is -3.07. The molecule has 24 heavy (non-hydrogen) atoms. The highest BCUT2D eigenvalue weighted by Gasteiger charge is 2.42. The Bertz CT molecular complexity index is 762. The van der Waals surface area contributed by atoms with Gasteiger partial charge in [0.15, 0.2) is 16.4 Å². The van der Waals surface area contributed by atoms with Crippen LogP contribution in [0.4, 0.5) is 0 Å². The number of rotatable bonds is 5. The first-order chi connectivity index (χ1) is 11.3. The minimum Gasteiger partial charge on any atom is -0.466 e. The highest BCUT2D eigenvalue weighted by molar-refractivity contribution is 7.91. The molecule has 2 aliphatic rings. The zero-order valence-corrected chi connectivity index (χ0v) is 14.6. The molecule has 0 spiro atoms. The van der Waals surface area contributed by atoms with E-state index in [-0.39, 0.29) is 36.1 Å². The number of carbonyl (C=O) groups excluding carboxylic acids is 2. The van der Waals surface area contributed by atoms with Gasteiger partial charge in [-0.1, -0.05) is 0 Å². The summed E-state index contributed by atoms with van der Waals surface area (Å²) in [6, 6.07) is 1.35. The third-order valence-corrected chi connectivity index (χ3v) is 6.17. The predicted octanol–water partition coefficient (Wildman–Crippen LogP) is 1.23. The van der Waals surface area contributed by atoms with Crippen molar-refractivity contribution >= 4 is 21.7 Å². The summed E-state index contributed by atoms with van der Waals surface area (Å²) in [6.45, 7) is 3.01. The summed E-state index contributed by atoms with van der Waals surface area (Å²) in [5.74, 6) is 0.232. The van der Waals surface area contributed by atoms with E-state index < -0.39 is 15.8 Å². The van der Waals surface area contributed by atoms with E-state index in [4.69, 9.17) is 9.15 Å². The summed E-state index contributed by atoms with van der Waals surface area (Å²) in [5.41, 5.74) is 0.307. The molecule has 0 radical (unpaired) electrons. The van der Waals surface area contributed by atoms with Gasteiger partial charge in [0.05, 0.1) is 11.5 Å². The van der Waals surface area contributed by atoms with Gasteiger partial charge in [0.1, 0.15) is 17.1 Å². The largest absolute Gasteiger partial charge is 0.466 e. The van der Waals surface area contributed by atoms with Crippen molar-refractivity contribution in [1.29, 1.82) is 0 Å². The summed E-state index contributed by atoms with van der Waals surface area (Å²) in [7, 11) is -3.07. The van der Waals surface area contributed by atoms with Crippen LogP contribution in [0.5, 0.6) is 0 Å². The van der Waals surface area contributed by atoms with Crippen LogP contribution in [0.2, 0.25) is 0 Å². The molecule has 1 aliphatic heterocycles.